The van der Waals surface area contributed by atoms with Crippen molar-refractivity contribution in [1.82, 2.24) is 25.0 Å². The van der Waals surface area contributed by atoms with Gasteiger partial charge < -0.3 is 16.0 Å². The van der Waals surface area contributed by atoms with Crippen molar-refractivity contribution >= 4 is 17.6 Å². The predicted molar refractivity (Wildman–Crippen MR) is 76.5 cm³/mol. The predicted octanol–water partition coefficient (Wildman–Crippen LogP) is 0.320. The van der Waals surface area contributed by atoms with Gasteiger partial charge in [-0.05, 0) is 12.1 Å². The Labute approximate surface area is 121 Å². The van der Waals surface area contributed by atoms with Crippen LogP contribution in [-0.2, 0) is 6.54 Å². The highest BCUT2D eigenvalue weighted by Gasteiger charge is 2.11. The Bertz CT molecular complexity index is 664. The van der Waals surface area contributed by atoms with E-state index in [1.165, 1.54) is 23.5 Å². The van der Waals surface area contributed by atoms with Gasteiger partial charge in [0.05, 0.1) is 30.3 Å². The van der Waals surface area contributed by atoms with Gasteiger partial charge in [0.1, 0.15) is 0 Å². The Morgan fingerprint density at radius 3 is 2.81 bits per heavy atom. The topological polar surface area (TPSA) is 106 Å². The lowest BCUT2D eigenvalue weighted by atomic mass is 10.2. The second-order valence-electron chi connectivity index (χ2n) is 4.61. The van der Waals surface area contributed by atoms with Crippen LogP contribution in [-0.4, -0.2) is 45.7 Å². The Balaban J connectivity index is 2.10. The summed E-state index contributed by atoms with van der Waals surface area (Å²) in [5.41, 5.74) is 6.94. The van der Waals surface area contributed by atoms with Crippen molar-refractivity contribution in [1.29, 1.82) is 0 Å². The van der Waals surface area contributed by atoms with Gasteiger partial charge >= 0.3 is 6.03 Å². The molecule has 0 bridgehead atoms. The van der Waals surface area contributed by atoms with Crippen LogP contribution in [0.5, 0.6) is 0 Å². The molecule has 0 unspecified atom stereocenters. The molecule has 0 aliphatic heterocycles. The average molecular weight is 288 g/mol. The molecule has 0 saturated carbocycles. The first kappa shape index (κ1) is 14.5. The summed E-state index contributed by atoms with van der Waals surface area (Å²) in [5.74, 6) is -0.311. The van der Waals surface area contributed by atoms with Gasteiger partial charge in [-0.1, -0.05) is 0 Å². The number of nitrogen functional groups attached to an aromatic ring is 1. The van der Waals surface area contributed by atoms with Crippen LogP contribution < -0.4 is 11.1 Å². The second kappa shape index (κ2) is 6.04. The Hall–Kier alpha value is -2.90. The third-order valence-electron chi connectivity index (χ3n) is 2.70. The molecule has 0 radical (unpaired) electrons. The number of urea groups is 1. The largest absolute Gasteiger partial charge is 0.396 e. The molecule has 0 spiro atoms. The van der Waals surface area contributed by atoms with E-state index in [4.69, 9.17) is 5.73 Å². The van der Waals surface area contributed by atoms with Gasteiger partial charge in [-0.25, -0.2) is 9.48 Å². The molecule has 2 rings (SSSR count). The van der Waals surface area contributed by atoms with Crippen LogP contribution in [0.1, 0.15) is 16.1 Å². The number of nitrogens with two attached hydrogens (primary N) is 1. The van der Waals surface area contributed by atoms with Crippen molar-refractivity contribution < 1.29 is 9.59 Å². The number of amides is 2. The number of carbonyl (C=O) groups excluding carboxylic acids is 2. The molecular weight excluding hydrogens is 272 g/mol. The van der Waals surface area contributed by atoms with E-state index in [-0.39, 0.29) is 18.5 Å². The van der Waals surface area contributed by atoms with Crippen molar-refractivity contribution in [2.24, 2.45) is 0 Å². The number of nitrogens with zero attached hydrogens (tertiary/aromatic N) is 4. The maximum Gasteiger partial charge on any atom is 0.317 e. The fourth-order valence-corrected chi connectivity index (χ4v) is 1.61. The molecule has 2 aromatic rings. The first-order valence-electron chi connectivity index (χ1n) is 6.22. The Morgan fingerprint density at radius 1 is 1.43 bits per heavy atom. The van der Waals surface area contributed by atoms with Crippen LogP contribution in [0.15, 0.2) is 30.7 Å². The molecule has 3 N–H and O–H groups in total. The summed E-state index contributed by atoms with van der Waals surface area (Å²) in [6.45, 7) is 0.235. The summed E-state index contributed by atoms with van der Waals surface area (Å²) in [4.78, 5) is 29.2. The lowest BCUT2D eigenvalue weighted by Crippen LogP contribution is -2.34. The lowest BCUT2D eigenvalue weighted by molar-refractivity contribution is 0.0945. The van der Waals surface area contributed by atoms with Crippen LogP contribution >= 0.6 is 0 Å². The number of pyridine rings is 1. The molecule has 0 aliphatic carbocycles. The molecule has 2 heterocycles. The minimum atomic E-state index is -0.311. The van der Waals surface area contributed by atoms with Crippen LogP contribution in [0.25, 0.3) is 0 Å². The summed E-state index contributed by atoms with van der Waals surface area (Å²) in [6, 6.07) is 2.96. The van der Waals surface area contributed by atoms with Gasteiger partial charge in [0.25, 0.3) is 5.91 Å². The molecule has 0 fully saturated rings. The molecule has 110 valence electrons. The second-order valence-corrected chi connectivity index (χ2v) is 4.61. The van der Waals surface area contributed by atoms with E-state index in [1.54, 1.807) is 26.2 Å². The molecule has 2 amide bonds. The Kier molecular flexibility index (Phi) is 4.17. The minimum Gasteiger partial charge on any atom is -0.396 e. The van der Waals surface area contributed by atoms with Gasteiger partial charge in [0.15, 0.2) is 0 Å². The zero-order valence-electron chi connectivity index (χ0n) is 11.8. The van der Waals surface area contributed by atoms with Crippen LogP contribution in [0.2, 0.25) is 0 Å². The minimum absolute atomic E-state index is 0.228. The summed E-state index contributed by atoms with van der Waals surface area (Å²) in [5, 5.41) is 6.54. The van der Waals surface area contributed by atoms with Gasteiger partial charge in [-0.15, -0.1) is 0 Å². The standard InChI is InChI=1S/C13H16N6O2/c1-18(2)13(21)16-7-11-5-9(3-4-15-11)12(20)19-8-10(14)6-17-19/h3-6,8H,7,14H2,1-2H3,(H,16,21). The van der Waals surface area contributed by atoms with Crippen LogP contribution in [0, 0.1) is 0 Å². The average Bonchev–Trinajstić information content (AvgIpc) is 2.90. The van der Waals surface area contributed by atoms with Gasteiger partial charge in [-0.3, -0.25) is 9.78 Å². The quantitative estimate of drug-likeness (QED) is 0.846. The van der Waals surface area contributed by atoms with E-state index in [2.05, 4.69) is 15.4 Å². The Morgan fingerprint density at radius 2 is 2.19 bits per heavy atom. The SMILES string of the molecule is CN(C)C(=O)NCc1cc(C(=O)n2cc(N)cn2)ccn1. The molecule has 2 aromatic heterocycles. The molecular formula is C13H16N6O2. The van der Waals surface area contributed by atoms with Gasteiger partial charge in [-0.2, -0.15) is 5.10 Å². The number of anilines is 1. The van der Waals surface area contributed by atoms with Crippen LogP contribution in [0.3, 0.4) is 0 Å². The summed E-state index contributed by atoms with van der Waals surface area (Å²) < 4.78 is 1.16. The van der Waals surface area contributed by atoms with Gasteiger partial charge in [0, 0.05) is 25.9 Å². The van der Waals surface area contributed by atoms with E-state index in [0.29, 0.717) is 16.9 Å². The summed E-state index contributed by atoms with van der Waals surface area (Å²) in [7, 11) is 3.29. The highest BCUT2D eigenvalue weighted by molar-refractivity contribution is 5.95. The third-order valence-corrected chi connectivity index (χ3v) is 2.70. The van der Waals surface area contributed by atoms with E-state index in [0.717, 1.165) is 4.68 Å². The first-order chi connectivity index (χ1) is 9.97. The molecule has 21 heavy (non-hydrogen) atoms. The molecule has 0 aromatic carbocycles. The van der Waals surface area contributed by atoms with Gasteiger partial charge in [0.2, 0.25) is 0 Å². The highest BCUT2D eigenvalue weighted by Crippen LogP contribution is 2.06. The smallest absolute Gasteiger partial charge is 0.317 e. The monoisotopic (exact) mass is 288 g/mol. The third kappa shape index (κ3) is 3.56. The van der Waals surface area contributed by atoms with Crippen molar-refractivity contribution in [2.45, 2.75) is 6.54 Å². The number of hydrogen-bond acceptors (Lipinski definition) is 5. The number of nitrogens with one attached hydrogen (secondary N) is 1. The number of aromatic nitrogens is 3. The highest BCUT2D eigenvalue weighted by atomic mass is 16.2. The normalized spacial score (nSPS) is 10.2. The van der Waals surface area contributed by atoms with Crippen molar-refractivity contribution in [3.63, 3.8) is 0 Å². The number of rotatable bonds is 3. The van der Waals surface area contributed by atoms with E-state index >= 15 is 0 Å². The first-order valence-corrected chi connectivity index (χ1v) is 6.22. The molecule has 0 aliphatic rings. The number of carbonyl (C=O) groups is 2. The maximum atomic E-state index is 12.2. The fraction of sp³-hybridized carbons (Fsp3) is 0.231. The van der Waals surface area contributed by atoms with Crippen LogP contribution in [0.4, 0.5) is 10.5 Å². The molecule has 0 saturated heterocycles. The zero-order chi connectivity index (χ0) is 15.4. The van der Waals surface area contributed by atoms with Crippen molar-refractivity contribution in [3.05, 3.63) is 42.0 Å². The van der Waals surface area contributed by atoms with E-state index in [9.17, 15) is 9.59 Å². The fourth-order valence-electron chi connectivity index (χ4n) is 1.61. The molecule has 8 heteroatoms. The van der Waals surface area contributed by atoms with Crippen molar-refractivity contribution in [3.8, 4) is 0 Å². The number of hydrogen-bond donors (Lipinski definition) is 2. The van der Waals surface area contributed by atoms with E-state index < -0.39 is 0 Å². The van der Waals surface area contributed by atoms with Crippen molar-refractivity contribution in [2.75, 3.05) is 19.8 Å². The zero-order valence-corrected chi connectivity index (χ0v) is 11.8. The maximum absolute atomic E-state index is 12.2. The van der Waals surface area contributed by atoms with E-state index in [1.807, 2.05) is 0 Å². The molecule has 8 nitrogen and oxygen atoms in total. The summed E-state index contributed by atoms with van der Waals surface area (Å²) in [6.07, 6.45) is 4.35. The summed E-state index contributed by atoms with van der Waals surface area (Å²) >= 11 is 0. The molecule has 0 atom stereocenters. The lowest BCUT2D eigenvalue weighted by Gasteiger charge is -2.11.